The maximum absolute atomic E-state index is 11.3. The van der Waals surface area contributed by atoms with Gasteiger partial charge in [-0.05, 0) is 37.3 Å². The number of aromatic carboxylic acids is 1. The highest BCUT2D eigenvalue weighted by Crippen LogP contribution is 2.34. The number of aryl methyl sites for hydroxylation is 2. The van der Waals surface area contributed by atoms with Gasteiger partial charge in [-0.2, -0.15) is 0 Å². The zero-order valence-electron chi connectivity index (χ0n) is 12.4. The molecule has 0 bridgehead atoms. The number of furan rings is 1. The van der Waals surface area contributed by atoms with Crippen molar-refractivity contribution < 1.29 is 19.1 Å². The molecule has 22 heavy (non-hydrogen) atoms. The van der Waals surface area contributed by atoms with E-state index < -0.39 is 5.97 Å². The highest BCUT2D eigenvalue weighted by atomic mass is 16.5. The van der Waals surface area contributed by atoms with E-state index in [1.165, 1.54) is 12.1 Å². The average molecular weight is 296 g/mol. The molecule has 0 aliphatic carbocycles. The molecule has 0 aliphatic heterocycles. The molecule has 0 radical (unpaired) electrons. The standard InChI is InChI=1S/C18H16O4/c1-3-13-10-15-16(21-13)8-12(18(19)20)9-17(15)22-14-6-4-11(2)5-7-14/h4-10H,3H2,1-2H3,(H,19,20). The summed E-state index contributed by atoms with van der Waals surface area (Å²) >= 11 is 0. The quantitative estimate of drug-likeness (QED) is 0.751. The Bertz CT molecular complexity index is 828. The smallest absolute Gasteiger partial charge is 0.335 e. The Morgan fingerprint density at radius 2 is 1.91 bits per heavy atom. The van der Waals surface area contributed by atoms with Crippen LogP contribution in [0.3, 0.4) is 0 Å². The Kier molecular flexibility index (Phi) is 3.59. The Morgan fingerprint density at radius 1 is 1.18 bits per heavy atom. The Hall–Kier alpha value is -2.75. The first-order valence-corrected chi connectivity index (χ1v) is 7.11. The first-order chi connectivity index (χ1) is 10.6. The number of rotatable bonds is 4. The van der Waals surface area contributed by atoms with Gasteiger partial charge in [0.05, 0.1) is 10.9 Å². The predicted molar refractivity (Wildman–Crippen MR) is 83.8 cm³/mol. The molecular weight excluding hydrogens is 280 g/mol. The second kappa shape index (κ2) is 5.56. The third kappa shape index (κ3) is 2.68. The van der Waals surface area contributed by atoms with Crippen molar-refractivity contribution in [1.82, 2.24) is 0 Å². The van der Waals surface area contributed by atoms with E-state index >= 15 is 0 Å². The summed E-state index contributed by atoms with van der Waals surface area (Å²) in [6, 6.07) is 12.6. The summed E-state index contributed by atoms with van der Waals surface area (Å²) in [4.78, 5) is 11.3. The Labute approximate surface area is 127 Å². The van der Waals surface area contributed by atoms with Crippen molar-refractivity contribution in [2.45, 2.75) is 20.3 Å². The van der Waals surface area contributed by atoms with Gasteiger partial charge >= 0.3 is 5.97 Å². The lowest BCUT2D eigenvalue weighted by Crippen LogP contribution is -1.96. The van der Waals surface area contributed by atoms with Crippen LogP contribution >= 0.6 is 0 Å². The van der Waals surface area contributed by atoms with Crippen LogP contribution in [0.25, 0.3) is 11.0 Å². The minimum Gasteiger partial charge on any atom is -0.478 e. The van der Waals surface area contributed by atoms with E-state index in [1.54, 1.807) is 0 Å². The van der Waals surface area contributed by atoms with Gasteiger partial charge in [-0.1, -0.05) is 24.6 Å². The van der Waals surface area contributed by atoms with Crippen molar-refractivity contribution in [1.29, 1.82) is 0 Å². The van der Waals surface area contributed by atoms with Crippen LogP contribution in [0.4, 0.5) is 0 Å². The summed E-state index contributed by atoms with van der Waals surface area (Å²) in [5, 5.41) is 10.0. The summed E-state index contributed by atoms with van der Waals surface area (Å²) in [6.45, 7) is 3.98. The van der Waals surface area contributed by atoms with Crippen LogP contribution in [-0.2, 0) is 6.42 Å². The Balaban J connectivity index is 2.10. The maximum Gasteiger partial charge on any atom is 0.335 e. The van der Waals surface area contributed by atoms with Crippen molar-refractivity contribution in [2.24, 2.45) is 0 Å². The molecule has 0 amide bonds. The number of carbonyl (C=O) groups is 1. The SMILES string of the molecule is CCc1cc2c(Oc3ccc(C)cc3)cc(C(=O)O)cc2o1. The van der Waals surface area contributed by atoms with Crippen molar-refractivity contribution in [3.05, 3.63) is 59.4 Å². The van der Waals surface area contributed by atoms with Gasteiger partial charge in [0.15, 0.2) is 0 Å². The van der Waals surface area contributed by atoms with E-state index in [2.05, 4.69) is 0 Å². The average Bonchev–Trinajstić information content (AvgIpc) is 2.93. The summed E-state index contributed by atoms with van der Waals surface area (Å²) < 4.78 is 11.5. The first kappa shape index (κ1) is 14.2. The molecule has 0 saturated carbocycles. The molecule has 1 aromatic heterocycles. The fraction of sp³-hybridized carbons (Fsp3) is 0.167. The van der Waals surface area contributed by atoms with Crippen molar-refractivity contribution in [3.63, 3.8) is 0 Å². The minimum absolute atomic E-state index is 0.145. The lowest BCUT2D eigenvalue weighted by atomic mass is 10.1. The lowest BCUT2D eigenvalue weighted by molar-refractivity contribution is 0.0696. The van der Waals surface area contributed by atoms with Crippen LogP contribution in [0.2, 0.25) is 0 Å². The van der Waals surface area contributed by atoms with Gasteiger partial charge < -0.3 is 14.3 Å². The molecule has 0 spiro atoms. The van der Waals surface area contributed by atoms with Crippen LogP contribution < -0.4 is 4.74 Å². The molecule has 0 fully saturated rings. The molecule has 3 aromatic rings. The van der Waals surface area contributed by atoms with Gasteiger partial charge in [-0.25, -0.2) is 4.79 Å². The normalized spacial score (nSPS) is 10.8. The zero-order valence-corrected chi connectivity index (χ0v) is 12.4. The predicted octanol–water partition coefficient (Wildman–Crippen LogP) is 4.79. The number of hydrogen-bond donors (Lipinski definition) is 1. The van der Waals surface area contributed by atoms with Crippen LogP contribution in [0.1, 0.15) is 28.6 Å². The van der Waals surface area contributed by atoms with Crippen molar-refractivity contribution in [3.8, 4) is 11.5 Å². The molecule has 0 saturated heterocycles. The van der Waals surface area contributed by atoms with E-state index in [0.29, 0.717) is 17.1 Å². The number of carboxylic acid groups (broad SMARTS) is 1. The van der Waals surface area contributed by atoms with E-state index in [1.807, 2.05) is 44.2 Å². The Morgan fingerprint density at radius 3 is 2.55 bits per heavy atom. The van der Waals surface area contributed by atoms with Crippen LogP contribution in [0, 0.1) is 6.92 Å². The summed E-state index contributed by atoms with van der Waals surface area (Å²) in [6.07, 6.45) is 0.737. The molecular formula is C18H16O4. The van der Waals surface area contributed by atoms with Crippen LogP contribution in [-0.4, -0.2) is 11.1 Å². The van der Waals surface area contributed by atoms with Gasteiger partial charge in [0, 0.05) is 6.42 Å². The third-order valence-electron chi connectivity index (χ3n) is 3.49. The topological polar surface area (TPSA) is 59.7 Å². The number of hydrogen-bond acceptors (Lipinski definition) is 3. The zero-order chi connectivity index (χ0) is 15.7. The second-order valence-corrected chi connectivity index (χ2v) is 5.17. The molecule has 112 valence electrons. The molecule has 4 nitrogen and oxygen atoms in total. The number of ether oxygens (including phenoxy) is 1. The number of benzene rings is 2. The fourth-order valence-corrected chi connectivity index (χ4v) is 2.27. The lowest BCUT2D eigenvalue weighted by Gasteiger charge is -2.08. The molecule has 1 heterocycles. The van der Waals surface area contributed by atoms with Crippen LogP contribution in [0.5, 0.6) is 11.5 Å². The molecule has 0 unspecified atom stereocenters. The van der Waals surface area contributed by atoms with Gasteiger partial charge in [0.25, 0.3) is 0 Å². The second-order valence-electron chi connectivity index (χ2n) is 5.17. The summed E-state index contributed by atoms with van der Waals surface area (Å²) in [7, 11) is 0. The number of carboxylic acids is 1. The largest absolute Gasteiger partial charge is 0.478 e. The molecule has 1 N–H and O–H groups in total. The number of fused-ring (bicyclic) bond motifs is 1. The molecule has 2 aromatic carbocycles. The van der Waals surface area contributed by atoms with Gasteiger partial charge in [0.2, 0.25) is 0 Å². The minimum atomic E-state index is -1.01. The van der Waals surface area contributed by atoms with Gasteiger partial charge in [-0.15, -0.1) is 0 Å². The van der Waals surface area contributed by atoms with Crippen molar-refractivity contribution >= 4 is 16.9 Å². The highest BCUT2D eigenvalue weighted by Gasteiger charge is 2.14. The third-order valence-corrected chi connectivity index (χ3v) is 3.49. The monoisotopic (exact) mass is 296 g/mol. The maximum atomic E-state index is 11.3. The molecule has 0 atom stereocenters. The van der Waals surface area contributed by atoms with E-state index in [0.717, 1.165) is 23.1 Å². The fourth-order valence-electron chi connectivity index (χ4n) is 2.27. The van der Waals surface area contributed by atoms with E-state index in [9.17, 15) is 9.90 Å². The first-order valence-electron chi connectivity index (χ1n) is 7.11. The summed E-state index contributed by atoms with van der Waals surface area (Å²) in [5.74, 6) is 0.937. The molecule has 3 rings (SSSR count). The van der Waals surface area contributed by atoms with Crippen molar-refractivity contribution in [2.75, 3.05) is 0 Å². The molecule has 0 aliphatic rings. The highest BCUT2D eigenvalue weighted by molar-refractivity contribution is 5.96. The van der Waals surface area contributed by atoms with Gasteiger partial charge in [-0.3, -0.25) is 0 Å². The summed E-state index contributed by atoms with van der Waals surface area (Å²) in [5.41, 5.74) is 1.80. The van der Waals surface area contributed by atoms with E-state index in [-0.39, 0.29) is 5.56 Å². The molecule has 4 heteroatoms. The van der Waals surface area contributed by atoms with E-state index in [4.69, 9.17) is 9.15 Å². The van der Waals surface area contributed by atoms with Gasteiger partial charge in [0.1, 0.15) is 22.8 Å². The van der Waals surface area contributed by atoms with Crippen LogP contribution in [0.15, 0.2) is 46.9 Å².